The van der Waals surface area contributed by atoms with E-state index in [-0.39, 0.29) is 12.1 Å². The molecule has 2 atom stereocenters. The van der Waals surface area contributed by atoms with Gasteiger partial charge in [-0.05, 0) is 24.2 Å². The molecule has 1 fully saturated rings. The van der Waals surface area contributed by atoms with Crippen LogP contribution in [0.15, 0.2) is 0 Å². The van der Waals surface area contributed by atoms with Crippen LogP contribution in [0.2, 0.25) is 0 Å². The molecule has 0 aromatic carbocycles. The van der Waals surface area contributed by atoms with E-state index in [4.69, 9.17) is 4.84 Å². The summed E-state index contributed by atoms with van der Waals surface area (Å²) in [5.41, 5.74) is 0. The average molecular weight is 193 g/mol. The largest absolute Gasteiger partial charge is 0.259 e. The maximum Gasteiger partial charge on any atom is 0.240 e. The van der Waals surface area contributed by atoms with Gasteiger partial charge in [-0.25, -0.2) is 8.42 Å². The fourth-order valence-corrected chi connectivity index (χ4v) is 2.01. The van der Waals surface area contributed by atoms with Crippen molar-refractivity contribution in [2.75, 3.05) is 0 Å². The highest BCUT2D eigenvalue weighted by Crippen LogP contribution is 2.32. The third-order valence-corrected chi connectivity index (χ3v) is 3.78. The van der Waals surface area contributed by atoms with E-state index in [2.05, 4.69) is 0 Å². The Balaban J connectivity index is 2.65. The van der Waals surface area contributed by atoms with Crippen LogP contribution in [-0.2, 0) is 14.9 Å². The van der Waals surface area contributed by atoms with Crippen molar-refractivity contribution < 1.29 is 13.3 Å². The summed E-state index contributed by atoms with van der Waals surface area (Å²) >= 11 is 0. The van der Waals surface area contributed by atoms with Crippen molar-refractivity contribution in [3.63, 3.8) is 0 Å². The first-order valence-electron chi connectivity index (χ1n) is 4.07. The third-order valence-electron chi connectivity index (χ3n) is 1.79. The molecule has 1 aliphatic heterocycles. The number of hydrogen-bond acceptors (Lipinski definition) is 3. The summed E-state index contributed by atoms with van der Waals surface area (Å²) in [4.78, 5) is 4.95. The molecular weight excluding hydrogens is 178 g/mol. The van der Waals surface area contributed by atoms with Crippen molar-refractivity contribution in [2.24, 2.45) is 5.92 Å². The van der Waals surface area contributed by atoms with Crippen LogP contribution in [-0.4, -0.2) is 24.4 Å². The van der Waals surface area contributed by atoms with Crippen molar-refractivity contribution in [1.82, 2.24) is 4.47 Å². The van der Waals surface area contributed by atoms with Crippen LogP contribution in [0.3, 0.4) is 0 Å². The van der Waals surface area contributed by atoms with Gasteiger partial charge in [-0.15, -0.1) is 0 Å². The Morgan fingerprint density at radius 1 is 1.25 bits per heavy atom. The summed E-state index contributed by atoms with van der Waals surface area (Å²) in [6, 6.07) is 0. The van der Waals surface area contributed by atoms with Crippen molar-refractivity contribution in [3.8, 4) is 0 Å². The zero-order valence-corrected chi connectivity index (χ0v) is 8.63. The molecule has 5 heteroatoms. The zero-order valence-electron chi connectivity index (χ0n) is 7.81. The van der Waals surface area contributed by atoms with E-state index in [1.807, 2.05) is 13.8 Å². The van der Waals surface area contributed by atoms with E-state index in [0.717, 1.165) is 4.47 Å². The summed E-state index contributed by atoms with van der Waals surface area (Å²) in [7, 11) is -3.19. The van der Waals surface area contributed by atoms with Crippen LogP contribution >= 0.6 is 0 Å². The lowest BCUT2D eigenvalue weighted by molar-refractivity contribution is 0.271. The SMILES string of the molecule is CC(C)C1ON1S(=O)(=O)C(C)C. The normalized spacial score (nSPS) is 29.8. The molecule has 4 nitrogen and oxygen atoms in total. The average Bonchev–Trinajstić information content (AvgIpc) is 2.63. The van der Waals surface area contributed by atoms with E-state index >= 15 is 0 Å². The molecule has 1 saturated heterocycles. The van der Waals surface area contributed by atoms with E-state index in [9.17, 15) is 8.42 Å². The van der Waals surface area contributed by atoms with Gasteiger partial charge in [-0.3, -0.25) is 4.84 Å². The second kappa shape index (κ2) is 2.97. The molecule has 0 amide bonds. The van der Waals surface area contributed by atoms with E-state index in [1.54, 1.807) is 13.8 Å². The van der Waals surface area contributed by atoms with Gasteiger partial charge in [0, 0.05) is 0 Å². The molecule has 0 saturated carbocycles. The number of hydroxylamine groups is 1. The predicted octanol–water partition coefficient (Wildman–Crippen LogP) is 0.954. The Morgan fingerprint density at radius 3 is 2.00 bits per heavy atom. The van der Waals surface area contributed by atoms with Gasteiger partial charge in [-0.1, -0.05) is 13.8 Å². The summed E-state index contributed by atoms with van der Waals surface area (Å²) in [5.74, 6) is 0.221. The van der Waals surface area contributed by atoms with Crippen molar-refractivity contribution in [1.29, 1.82) is 0 Å². The smallest absolute Gasteiger partial charge is 0.240 e. The van der Waals surface area contributed by atoms with Gasteiger partial charge in [0.1, 0.15) is 0 Å². The highest BCUT2D eigenvalue weighted by atomic mass is 32.2. The Kier molecular flexibility index (Phi) is 2.47. The van der Waals surface area contributed by atoms with Crippen LogP contribution in [0.25, 0.3) is 0 Å². The first kappa shape index (κ1) is 9.95. The molecule has 12 heavy (non-hydrogen) atoms. The molecule has 72 valence electrons. The molecule has 0 bridgehead atoms. The maximum absolute atomic E-state index is 11.4. The van der Waals surface area contributed by atoms with Gasteiger partial charge in [0.2, 0.25) is 10.0 Å². The minimum Gasteiger partial charge on any atom is -0.259 e. The molecule has 2 unspecified atom stereocenters. The van der Waals surface area contributed by atoms with Gasteiger partial charge in [0.05, 0.1) is 5.25 Å². The number of hydrogen-bond donors (Lipinski definition) is 0. The third kappa shape index (κ3) is 1.62. The molecule has 1 aliphatic rings. The lowest BCUT2D eigenvalue weighted by atomic mass is 10.2. The molecule has 0 radical (unpaired) electrons. The standard InChI is InChI=1S/C7H15NO3S/c1-5(2)7-8(11-7)12(9,10)6(3)4/h5-7H,1-4H3. The molecule has 1 rings (SSSR count). The summed E-state index contributed by atoms with van der Waals surface area (Å²) in [6.45, 7) is 7.16. The topological polar surface area (TPSA) is 49.7 Å². The van der Waals surface area contributed by atoms with Gasteiger partial charge in [0.15, 0.2) is 6.23 Å². The first-order chi connectivity index (χ1) is 5.37. The maximum atomic E-state index is 11.4. The van der Waals surface area contributed by atoms with E-state index in [0.29, 0.717) is 0 Å². The summed E-state index contributed by atoms with van der Waals surface area (Å²) in [6.07, 6.45) is -0.239. The molecule has 0 aliphatic carbocycles. The van der Waals surface area contributed by atoms with Crippen molar-refractivity contribution in [3.05, 3.63) is 0 Å². The Bertz CT molecular complexity index is 258. The molecule has 0 aromatic rings. The van der Waals surface area contributed by atoms with Gasteiger partial charge < -0.3 is 0 Å². The Labute approximate surface area is 73.5 Å². The Hall–Kier alpha value is -0.130. The highest BCUT2D eigenvalue weighted by Gasteiger charge is 2.49. The fourth-order valence-electron chi connectivity index (χ4n) is 0.857. The minimum absolute atomic E-state index is 0.221. The van der Waals surface area contributed by atoms with Crippen LogP contribution in [0.1, 0.15) is 27.7 Å². The second-order valence-electron chi connectivity index (χ2n) is 3.59. The lowest BCUT2D eigenvalue weighted by Gasteiger charge is -2.05. The number of nitrogens with zero attached hydrogens (tertiary/aromatic N) is 1. The summed E-state index contributed by atoms with van der Waals surface area (Å²) < 4.78 is 23.9. The van der Waals surface area contributed by atoms with Crippen LogP contribution in [0.4, 0.5) is 0 Å². The fraction of sp³-hybridized carbons (Fsp3) is 1.00. The molecule has 1 heterocycles. The predicted molar refractivity (Wildman–Crippen MR) is 45.6 cm³/mol. The van der Waals surface area contributed by atoms with Crippen molar-refractivity contribution in [2.45, 2.75) is 39.2 Å². The van der Waals surface area contributed by atoms with Gasteiger partial charge >= 0.3 is 0 Å². The quantitative estimate of drug-likeness (QED) is 0.627. The highest BCUT2D eigenvalue weighted by molar-refractivity contribution is 7.89. The molecule has 0 N–H and O–H groups in total. The number of sulfonamides is 1. The number of rotatable bonds is 3. The first-order valence-corrected chi connectivity index (χ1v) is 5.57. The lowest BCUT2D eigenvalue weighted by Crippen LogP contribution is -2.24. The van der Waals surface area contributed by atoms with E-state index in [1.165, 1.54) is 0 Å². The molecule has 0 aromatic heterocycles. The van der Waals surface area contributed by atoms with Crippen LogP contribution in [0, 0.1) is 5.92 Å². The van der Waals surface area contributed by atoms with Gasteiger partial charge in [0.25, 0.3) is 0 Å². The second-order valence-corrected chi connectivity index (χ2v) is 5.92. The molecule has 0 spiro atoms. The van der Waals surface area contributed by atoms with Crippen LogP contribution < -0.4 is 0 Å². The minimum atomic E-state index is -3.19. The van der Waals surface area contributed by atoms with E-state index < -0.39 is 15.3 Å². The zero-order chi connectivity index (χ0) is 9.52. The van der Waals surface area contributed by atoms with Gasteiger partial charge in [-0.2, -0.15) is 0 Å². The van der Waals surface area contributed by atoms with Crippen molar-refractivity contribution >= 4 is 10.0 Å². The van der Waals surface area contributed by atoms with Crippen LogP contribution in [0.5, 0.6) is 0 Å². The molecular formula is C7H15NO3S. The summed E-state index contributed by atoms with van der Waals surface area (Å²) in [5, 5.41) is -0.402. The Morgan fingerprint density at radius 2 is 1.75 bits per heavy atom. The monoisotopic (exact) mass is 193 g/mol.